The van der Waals surface area contributed by atoms with Crippen molar-refractivity contribution in [1.82, 2.24) is 0 Å². The Morgan fingerprint density at radius 3 is 1.71 bits per heavy atom. The van der Waals surface area contributed by atoms with Crippen molar-refractivity contribution >= 4 is 6.88 Å². The van der Waals surface area contributed by atoms with Crippen LogP contribution in [0.15, 0.2) is 91.0 Å². The molecule has 2 aromatic carbocycles. The zero-order valence-electron chi connectivity index (χ0n) is 18.2. The van der Waals surface area contributed by atoms with Crippen molar-refractivity contribution < 1.29 is 29.7 Å². The van der Waals surface area contributed by atoms with Crippen molar-refractivity contribution in [3.63, 3.8) is 0 Å². The average molecular weight is 518 g/mol. The SMILES string of the molecule is CC1=CC[C]([Zr]([CH3])([CH3])(=[SiH2])([O]c2ccc(F)cc2)([O]c2ccc(F)cc2)[C]2=CC=CC2)=C1. The van der Waals surface area contributed by atoms with Crippen LogP contribution < -0.4 is 5.63 Å². The zero-order chi connectivity index (χ0) is 22.4. The molecule has 2 aliphatic rings. The summed E-state index contributed by atoms with van der Waals surface area (Å²) >= 11 is -6.01. The van der Waals surface area contributed by atoms with E-state index in [0.717, 1.165) is 12.1 Å². The number of benzene rings is 2. The Morgan fingerprint density at radius 2 is 1.32 bits per heavy atom. The fraction of sp³-hybridized carbons (Fsp3) is 0.200. The van der Waals surface area contributed by atoms with E-state index in [1.165, 1.54) is 24.3 Å². The molecule has 0 aromatic heterocycles. The van der Waals surface area contributed by atoms with E-state index in [9.17, 15) is 8.78 Å². The number of halogens is 2. The van der Waals surface area contributed by atoms with Crippen LogP contribution in [0.3, 0.4) is 0 Å². The summed E-state index contributed by atoms with van der Waals surface area (Å²) in [6.07, 6.45) is 12.0. The number of hydrogen-bond acceptors (Lipinski definition) is 2. The van der Waals surface area contributed by atoms with Crippen LogP contribution in [0.2, 0.25) is 9.26 Å². The van der Waals surface area contributed by atoms with Crippen molar-refractivity contribution in [3.8, 4) is 11.5 Å². The predicted molar refractivity (Wildman–Crippen MR) is 123 cm³/mol. The Kier molecular flexibility index (Phi) is 4.48. The first-order chi connectivity index (χ1) is 14.4. The molecule has 0 heterocycles. The van der Waals surface area contributed by atoms with Gasteiger partial charge in [0.2, 0.25) is 0 Å². The fourth-order valence-electron chi connectivity index (χ4n) is 5.02. The maximum atomic E-state index is 13.7. The van der Waals surface area contributed by atoms with Gasteiger partial charge in [0.1, 0.15) is 0 Å². The van der Waals surface area contributed by atoms with Gasteiger partial charge in [0.05, 0.1) is 0 Å². The van der Waals surface area contributed by atoms with E-state index in [0.29, 0.717) is 24.3 Å². The van der Waals surface area contributed by atoms with Crippen LogP contribution in [-0.2, 0) is 15.3 Å². The molecule has 0 radical (unpaired) electrons. The fourth-order valence-corrected chi connectivity index (χ4v) is 26.3. The summed E-state index contributed by atoms with van der Waals surface area (Å²) in [7, 11) is 0. The monoisotopic (exact) mass is 516 g/mol. The molecule has 6 heteroatoms. The van der Waals surface area contributed by atoms with Crippen LogP contribution in [0.5, 0.6) is 11.5 Å². The molecular weight excluding hydrogens is 490 g/mol. The third-order valence-electron chi connectivity index (χ3n) is 7.10. The van der Waals surface area contributed by atoms with Gasteiger partial charge in [0, 0.05) is 0 Å². The van der Waals surface area contributed by atoms with Gasteiger partial charge in [-0.2, -0.15) is 0 Å². The molecular formula is C25H28F2O2SiZr. The molecule has 0 bridgehead atoms. The normalized spacial score (nSPS) is 19.4. The molecule has 0 saturated carbocycles. The summed E-state index contributed by atoms with van der Waals surface area (Å²) in [5, 5.41) is 0. The first-order valence-electron chi connectivity index (χ1n) is 10.5. The summed E-state index contributed by atoms with van der Waals surface area (Å²) in [6.45, 7) is 3.88. The summed E-state index contributed by atoms with van der Waals surface area (Å²) in [4.78, 5) is 0. The molecule has 31 heavy (non-hydrogen) atoms. The average Bonchev–Trinajstić information content (AvgIpc) is 3.39. The minimum absolute atomic E-state index is 0.326. The van der Waals surface area contributed by atoms with Gasteiger partial charge in [-0.3, -0.25) is 0 Å². The first-order valence-corrected chi connectivity index (χ1v) is 25.8. The topological polar surface area (TPSA) is 18.5 Å². The second-order valence-electron chi connectivity index (χ2n) is 10.5. The maximum absolute atomic E-state index is 13.7. The van der Waals surface area contributed by atoms with E-state index >= 15 is 0 Å². The van der Waals surface area contributed by atoms with Gasteiger partial charge in [0.15, 0.2) is 0 Å². The molecule has 0 unspecified atom stereocenters. The van der Waals surface area contributed by atoms with Crippen LogP contribution in [0, 0.1) is 11.6 Å². The second-order valence-corrected chi connectivity index (χ2v) is 51.7. The van der Waals surface area contributed by atoms with Crippen molar-refractivity contribution in [3.05, 3.63) is 103 Å². The third-order valence-corrected chi connectivity index (χ3v) is 33.9. The van der Waals surface area contributed by atoms with Gasteiger partial charge in [-0.15, -0.1) is 0 Å². The van der Waals surface area contributed by atoms with Crippen molar-refractivity contribution in [1.29, 1.82) is 0 Å². The third kappa shape index (κ3) is 3.44. The van der Waals surface area contributed by atoms with Crippen LogP contribution in [0.25, 0.3) is 0 Å². The molecule has 2 aromatic rings. The summed E-state index contributed by atoms with van der Waals surface area (Å²) in [5.41, 5.74) is 1.15. The van der Waals surface area contributed by atoms with Crippen LogP contribution in [0.1, 0.15) is 19.8 Å². The van der Waals surface area contributed by atoms with E-state index in [1.54, 1.807) is 24.3 Å². The van der Waals surface area contributed by atoms with E-state index in [-0.39, 0.29) is 11.6 Å². The van der Waals surface area contributed by atoms with Gasteiger partial charge >= 0.3 is 180 Å². The molecule has 0 fully saturated rings. The van der Waals surface area contributed by atoms with Crippen molar-refractivity contribution in [2.75, 3.05) is 0 Å². The number of allylic oxidation sites excluding steroid dienone is 8. The minimum atomic E-state index is -6.01. The van der Waals surface area contributed by atoms with Gasteiger partial charge in [-0.05, 0) is 0 Å². The Morgan fingerprint density at radius 1 is 0.806 bits per heavy atom. The molecule has 0 saturated heterocycles. The van der Waals surface area contributed by atoms with E-state index in [2.05, 4.69) is 40.5 Å². The molecule has 0 N–H and O–H groups in total. The van der Waals surface area contributed by atoms with Gasteiger partial charge < -0.3 is 0 Å². The molecule has 4 rings (SSSR count). The van der Waals surface area contributed by atoms with Crippen molar-refractivity contribution in [2.24, 2.45) is 0 Å². The molecule has 2 aliphatic carbocycles. The van der Waals surface area contributed by atoms with Gasteiger partial charge in [0.25, 0.3) is 0 Å². The standard InChI is InChI=1S/2C6H5FO.C6H7.C5H5.2CH3.H2Si.Zr/c2*7-5-1-3-6(8)4-2-5;1-6-4-2-3-5-6;1-2-4-5-3-1;;;;/h2*1-4,8H;4-5H,2H2,1H3;1-3H,4H2;2*1H3;1H2;/q;;;;;;;+2/p-2. The van der Waals surface area contributed by atoms with Crippen LogP contribution >= 0.6 is 0 Å². The number of hydrogen-bond donors (Lipinski definition) is 0. The summed E-state index contributed by atoms with van der Waals surface area (Å²) in [5.74, 6) is 0.438. The first kappa shape index (κ1) is 22.2. The van der Waals surface area contributed by atoms with E-state index < -0.39 is 15.3 Å². The quantitative estimate of drug-likeness (QED) is 0.395. The van der Waals surface area contributed by atoms with Gasteiger partial charge in [-0.1, -0.05) is 0 Å². The summed E-state index contributed by atoms with van der Waals surface area (Å²) < 4.78 is 48.2. The molecule has 0 aliphatic heterocycles. The molecule has 0 spiro atoms. The molecule has 2 nitrogen and oxygen atoms in total. The molecule has 162 valence electrons. The Labute approximate surface area is 179 Å². The van der Waals surface area contributed by atoms with Gasteiger partial charge in [-0.25, -0.2) is 0 Å². The molecule has 0 amide bonds. The van der Waals surface area contributed by atoms with E-state index in [4.69, 9.17) is 5.63 Å². The second kappa shape index (κ2) is 6.26. The van der Waals surface area contributed by atoms with E-state index in [1.807, 2.05) is 13.0 Å². The Bertz CT molecular complexity index is 1270. The van der Waals surface area contributed by atoms with Crippen LogP contribution in [-0.4, -0.2) is 6.88 Å². The predicted octanol–water partition coefficient (Wildman–Crippen LogP) is 6.74. The number of rotatable bonds is 6. The molecule has 0 atom stereocenters. The zero-order valence-corrected chi connectivity index (χ0v) is 22.1. The van der Waals surface area contributed by atoms with Crippen LogP contribution in [0.4, 0.5) is 8.78 Å². The Balaban J connectivity index is 2.06. The van der Waals surface area contributed by atoms with Crippen molar-refractivity contribution in [2.45, 2.75) is 29.0 Å². The Hall–Kier alpha value is -2.04. The summed E-state index contributed by atoms with van der Waals surface area (Å²) in [6, 6.07) is 12.2.